The quantitative estimate of drug-likeness (QED) is 0.536. The topological polar surface area (TPSA) is 75.6 Å². The molecule has 0 radical (unpaired) electrons. The summed E-state index contributed by atoms with van der Waals surface area (Å²) >= 11 is 0. The summed E-state index contributed by atoms with van der Waals surface area (Å²) in [5.41, 5.74) is 9.15. The summed E-state index contributed by atoms with van der Waals surface area (Å²) in [7, 11) is 0. The number of nitrogens with two attached hydrogens (primary N) is 1. The van der Waals surface area contributed by atoms with Crippen molar-refractivity contribution in [3.05, 3.63) is 58.1 Å². The molecule has 1 aliphatic heterocycles. The highest BCUT2D eigenvalue weighted by atomic mass is 16.6. The normalized spacial score (nSPS) is 14.8. The molecule has 1 heterocycles. The largest absolute Gasteiger partial charge is 0.393 e. The van der Waals surface area contributed by atoms with Crippen molar-refractivity contribution >= 4 is 22.7 Å². The van der Waals surface area contributed by atoms with E-state index in [1.54, 1.807) is 12.1 Å². The number of piperazine rings is 1. The first-order chi connectivity index (χ1) is 11.1. The van der Waals surface area contributed by atoms with E-state index in [0.717, 1.165) is 37.4 Å². The van der Waals surface area contributed by atoms with Crippen LogP contribution in [0.4, 0.5) is 22.7 Å². The van der Waals surface area contributed by atoms with Gasteiger partial charge in [-0.15, -0.1) is 0 Å². The Morgan fingerprint density at radius 1 is 1.04 bits per heavy atom. The van der Waals surface area contributed by atoms with Crippen molar-refractivity contribution < 1.29 is 4.92 Å². The molecule has 23 heavy (non-hydrogen) atoms. The third-order valence-corrected chi connectivity index (χ3v) is 4.28. The first-order valence-corrected chi connectivity index (χ1v) is 7.65. The van der Waals surface area contributed by atoms with Crippen LogP contribution >= 0.6 is 0 Å². The Balaban J connectivity index is 1.75. The molecule has 0 unspecified atom stereocenters. The number of rotatable bonds is 3. The average molecular weight is 312 g/mol. The highest BCUT2D eigenvalue weighted by Gasteiger charge is 2.21. The van der Waals surface area contributed by atoms with Crippen LogP contribution in [0.1, 0.15) is 5.56 Å². The van der Waals surface area contributed by atoms with Crippen LogP contribution in [0, 0.1) is 17.0 Å². The summed E-state index contributed by atoms with van der Waals surface area (Å²) in [4.78, 5) is 15.1. The Morgan fingerprint density at radius 3 is 2.26 bits per heavy atom. The van der Waals surface area contributed by atoms with Crippen LogP contribution in [-0.4, -0.2) is 31.1 Å². The van der Waals surface area contributed by atoms with Crippen LogP contribution in [0.25, 0.3) is 0 Å². The highest BCUT2D eigenvalue weighted by Crippen LogP contribution is 2.31. The molecule has 1 fully saturated rings. The molecule has 6 heteroatoms. The minimum atomic E-state index is -0.431. The molecule has 0 aromatic heterocycles. The van der Waals surface area contributed by atoms with E-state index in [1.165, 1.54) is 5.69 Å². The van der Waals surface area contributed by atoms with Crippen LogP contribution in [0.5, 0.6) is 0 Å². The van der Waals surface area contributed by atoms with Crippen LogP contribution in [0.3, 0.4) is 0 Å². The van der Waals surface area contributed by atoms with Gasteiger partial charge in [0.05, 0.1) is 4.92 Å². The van der Waals surface area contributed by atoms with Gasteiger partial charge in [-0.25, -0.2) is 0 Å². The van der Waals surface area contributed by atoms with E-state index in [9.17, 15) is 10.1 Å². The van der Waals surface area contributed by atoms with Crippen molar-refractivity contribution in [2.45, 2.75) is 6.92 Å². The van der Waals surface area contributed by atoms with E-state index >= 15 is 0 Å². The molecule has 1 saturated heterocycles. The summed E-state index contributed by atoms with van der Waals surface area (Å²) in [6.07, 6.45) is 0. The third-order valence-electron chi connectivity index (χ3n) is 4.28. The standard InChI is InChI=1S/C17H20N4O2/c1-13-11-17(21(22)23)15(18)12-16(13)20-9-7-19(8-10-20)14-5-3-2-4-6-14/h2-6,11-12H,7-10,18H2,1H3. The van der Waals surface area contributed by atoms with Crippen LogP contribution < -0.4 is 15.5 Å². The number of benzene rings is 2. The lowest BCUT2D eigenvalue weighted by atomic mass is 10.1. The van der Waals surface area contributed by atoms with Gasteiger partial charge in [-0.2, -0.15) is 0 Å². The van der Waals surface area contributed by atoms with E-state index in [0.29, 0.717) is 0 Å². The van der Waals surface area contributed by atoms with Gasteiger partial charge < -0.3 is 15.5 Å². The van der Waals surface area contributed by atoms with Gasteiger partial charge in [-0.3, -0.25) is 10.1 Å². The predicted octanol–water partition coefficient (Wildman–Crippen LogP) is 2.81. The Morgan fingerprint density at radius 2 is 1.65 bits per heavy atom. The van der Waals surface area contributed by atoms with E-state index in [1.807, 2.05) is 25.1 Å². The molecule has 2 aromatic rings. The van der Waals surface area contributed by atoms with Gasteiger partial charge in [0, 0.05) is 43.6 Å². The number of aryl methyl sites for hydroxylation is 1. The van der Waals surface area contributed by atoms with Crippen LogP contribution in [-0.2, 0) is 0 Å². The fourth-order valence-electron chi connectivity index (χ4n) is 3.04. The first kappa shape index (κ1) is 15.1. The van der Waals surface area contributed by atoms with Gasteiger partial charge in [0.2, 0.25) is 0 Å². The lowest BCUT2D eigenvalue weighted by molar-refractivity contribution is -0.383. The first-order valence-electron chi connectivity index (χ1n) is 7.65. The number of nitrogen functional groups attached to an aromatic ring is 1. The summed E-state index contributed by atoms with van der Waals surface area (Å²) < 4.78 is 0. The molecule has 6 nitrogen and oxygen atoms in total. The van der Waals surface area contributed by atoms with Gasteiger partial charge in [0.25, 0.3) is 5.69 Å². The van der Waals surface area contributed by atoms with E-state index < -0.39 is 4.92 Å². The molecule has 0 spiro atoms. The molecular weight excluding hydrogens is 292 g/mol. The molecular formula is C17H20N4O2. The van der Waals surface area contributed by atoms with E-state index in [4.69, 9.17) is 5.73 Å². The summed E-state index contributed by atoms with van der Waals surface area (Å²) in [5.74, 6) is 0. The minimum Gasteiger partial charge on any atom is -0.393 e. The maximum absolute atomic E-state index is 11.0. The minimum absolute atomic E-state index is 0.0193. The highest BCUT2D eigenvalue weighted by molar-refractivity contribution is 5.70. The molecule has 0 atom stereocenters. The van der Waals surface area contributed by atoms with Crippen molar-refractivity contribution in [2.24, 2.45) is 0 Å². The molecule has 3 rings (SSSR count). The predicted molar refractivity (Wildman–Crippen MR) is 93.1 cm³/mol. The molecule has 0 amide bonds. The lowest BCUT2D eigenvalue weighted by Crippen LogP contribution is -2.46. The Hall–Kier alpha value is -2.76. The molecule has 2 aromatic carbocycles. The monoisotopic (exact) mass is 312 g/mol. The maximum atomic E-state index is 11.0. The Kier molecular flexibility index (Phi) is 4.06. The Labute approximate surface area is 135 Å². The van der Waals surface area contributed by atoms with Gasteiger partial charge in [-0.1, -0.05) is 18.2 Å². The number of para-hydroxylation sites is 1. The smallest absolute Gasteiger partial charge is 0.292 e. The number of anilines is 3. The summed E-state index contributed by atoms with van der Waals surface area (Å²) in [6.45, 7) is 5.46. The SMILES string of the molecule is Cc1cc([N+](=O)[O-])c(N)cc1N1CCN(c2ccccc2)CC1. The molecule has 1 aliphatic rings. The molecule has 0 saturated carbocycles. The third kappa shape index (κ3) is 3.06. The van der Waals surface area contributed by atoms with Gasteiger partial charge >= 0.3 is 0 Å². The number of nitrogens with zero attached hydrogens (tertiary/aromatic N) is 3. The van der Waals surface area contributed by atoms with Gasteiger partial charge in [-0.05, 0) is 30.7 Å². The van der Waals surface area contributed by atoms with Gasteiger partial charge in [0.1, 0.15) is 5.69 Å². The van der Waals surface area contributed by atoms with Crippen molar-refractivity contribution in [3.8, 4) is 0 Å². The van der Waals surface area contributed by atoms with Crippen molar-refractivity contribution in [3.63, 3.8) is 0 Å². The fourth-order valence-corrected chi connectivity index (χ4v) is 3.04. The van der Waals surface area contributed by atoms with E-state index in [-0.39, 0.29) is 11.4 Å². The maximum Gasteiger partial charge on any atom is 0.292 e. The zero-order valence-electron chi connectivity index (χ0n) is 13.1. The molecule has 0 bridgehead atoms. The summed E-state index contributed by atoms with van der Waals surface area (Å²) in [6, 6.07) is 13.6. The molecule has 0 aliphatic carbocycles. The average Bonchev–Trinajstić information content (AvgIpc) is 2.57. The number of nitro benzene ring substituents is 1. The molecule has 2 N–H and O–H groups in total. The van der Waals surface area contributed by atoms with Crippen molar-refractivity contribution in [1.29, 1.82) is 0 Å². The second kappa shape index (κ2) is 6.16. The number of hydrogen-bond acceptors (Lipinski definition) is 5. The number of hydrogen-bond donors (Lipinski definition) is 1. The van der Waals surface area contributed by atoms with E-state index in [2.05, 4.69) is 21.9 Å². The Bertz CT molecular complexity index is 710. The number of nitro groups is 1. The van der Waals surface area contributed by atoms with Gasteiger partial charge in [0.15, 0.2) is 0 Å². The zero-order valence-corrected chi connectivity index (χ0v) is 13.1. The van der Waals surface area contributed by atoms with Crippen LogP contribution in [0.15, 0.2) is 42.5 Å². The molecule has 120 valence electrons. The summed E-state index contributed by atoms with van der Waals surface area (Å²) in [5, 5.41) is 11.0. The zero-order chi connectivity index (χ0) is 16.4. The fraction of sp³-hybridized carbons (Fsp3) is 0.294. The van der Waals surface area contributed by atoms with Crippen LogP contribution in [0.2, 0.25) is 0 Å². The van der Waals surface area contributed by atoms with Crippen molar-refractivity contribution in [1.82, 2.24) is 0 Å². The van der Waals surface area contributed by atoms with Crippen molar-refractivity contribution in [2.75, 3.05) is 41.7 Å². The second-order valence-corrected chi connectivity index (χ2v) is 5.76. The lowest BCUT2D eigenvalue weighted by Gasteiger charge is -2.38. The second-order valence-electron chi connectivity index (χ2n) is 5.76.